The van der Waals surface area contributed by atoms with Crippen LogP contribution >= 0.6 is 27.5 Å². The number of likely N-dealkylation sites (N-methyl/N-ethyl adjacent to an activating group) is 1. The lowest BCUT2D eigenvalue weighted by molar-refractivity contribution is 0.562. The standard InChI is InChI=1S/C16H21BrClN3/c1-4-21-15(16(18)11(2)20-21)9-12(10-19-3)13-7-5-6-8-14(13)17/h5-8,12,19H,4,9-10H2,1-3H3. The minimum Gasteiger partial charge on any atom is -0.319 e. The molecule has 0 fully saturated rings. The fourth-order valence-electron chi connectivity index (χ4n) is 2.64. The number of aromatic nitrogens is 2. The maximum atomic E-state index is 6.45. The van der Waals surface area contributed by atoms with Gasteiger partial charge in [0.25, 0.3) is 0 Å². The van der Waals surface area contributed by atoms with Crippen molar-refractivity contribution in [2.24, 2.45) is 0 Å². The summed E-state index contributed by atoms with van der Waals surface area (Å²) in [6, 6.07) is 8.37. The van der Waals surface area contributed by atoms with Crippen LogP contribution in [0.5, 0.6) is 0 Å². The van der Waals surface area contributed by atoms with Crippen molar-refractivity contribution in [3.63, 3.8) is 0 Å². The Balaban J connectivity index is 2.35. The van der Waals surface area contributed by atoms with Gasteiger partial charge in [0.2, 0.25) is 0 Å². The van der Waals surface area contributed by atoms with Crippen LogP contribution in [0.4, 0.5) is 0 Å². The molecular formula is C16H21BrClN3. The summed E-state index contributed by atoms with van der Waals surface area (Å²) >= 11 is 10.1. The monoisotopic (exact) mass is 369 g/mol. The Bertz CT molecular complexity index is 610. The van der Waals surface area contributed by atoms with E-state index in [1.807, 2.05) is 24.7 Å². The van der Waals surface area contributed by atoms with Crippen LogP contribution in [0.2, 0.25) is 5.02 Å². The molecule has 114 valence electrons. The lowest BCUT2D eigenvalue weighted by Crippen LogP contribution is -2.21. The van der Waals surface area contributed by atoms with E-state index in [2.05, 4.69) is 51.5 Å². The summed E-state index contributed by atoms with van der Waals surface area (Å²) in [6.45, 7) is 5.79. The molecule has 0 bridgehead atoms. The predicted molar refractivity (Wildman–Crippen MR) is 92.2 cm³/mol. The van der Waals surface area contributed by atoms with Crippen molar-refractivity contribution >= 4 is 27.5 Å². The SMILES string of the molecule is CCn1nc(C)c(Cl)c1CC(CNC)c1ccccc1Br. The summed E-state index contributed by atoms with van der Waals surface area (Å²) < 4.78 is 3.15. The first-order valence-corrected chi connectivity index (χ1v) is 8.36. The van der Waals surface area contributed by atoms with Crippen molar-refractivity contribution in [1.29, 1.82) is 0 Å². The Morgan fingerprint density at radius 1 is 1.38 bits per heavy atom. The first-order chi connectivity index (χ1) is 10.1. The van der Waals surface area contributed by atoms with E-state index in [4.69, 9.17) is 11.6 Å². The summed E-state index contributed by atoms with van der Waals surface area (Å²) in [6.07, 6.45) is 0.872. The van der Waals surface area contributed by atoms with E-state index in [1.165, 1.54) is 5.56 Å². The molecule has 0 saturated carbocycles. The van der Waals surface area contributed by atoms with Crippen LogP contribution in [0.3, 0.4) is 0 Å². The minimum absolute atomic E-state index is 0.351. The van der Waals surface area contributed by atoms with Gasteiger partial charge in [0.05, 0.1) is 16.4 Å². The normalized spacial score (nSPS) is 12.6. The lowest BCUT2D eigenvalue weighted by Gasteiger charge is -2.19. The summed E-state index contributed by atoms with van der Waals surface area (Å²) in [5, 5.41) is 8.59. The van der Waals surface area contributed by atoms with Gasteiger partial charge < -0.3 is 5.32 Å². The second kappa shape index (κ2) is 7.43. The van der Waals surface area contributed by atoms with Gasteiger partial charge in [-0.05, 0) is 38.9 Å². The average molecular weight is 371 g/mol. The van der Waals surface area contributed by atoms with E-state index in [1.54, 1.807) is 0 Å². The third kappa shape index (κ3) is 3.68. The topological polar surface area (TPSA) is 29.9 Å². The molecule has 0 radical (unpaired) electrons. The molecule has 5 heteroatoms. The van der Waals surface area contributed by atoms with Gasteiger partial charge in [-0.2, -0.15) is 5.10 Å². The molecule has 1 aromatic heterocycles. The number of rotatable bonds is 6. The van der Waals surface area contributed by atoms with E-state index >= 15 is 0 Å². The second-order valence-corrected chi connectivity index (χ2v) is 6.37. The highest BCUT2D eigenvalue weighted by Gasteiger charge is 2.20. The fraction of sp³-hybridized carbons (Fsp3) is 0.438. The molecule has 1 atom stereocenters. The van der Waals surface area contributed by atoms with Gasteiger partial charge in [-0.25, -0.2) is 0 Å². The quantitative estimate of drug-likeness (QED) is 0.827. The van der Waals surface area contributed by atoms with Crippen molar-refractivity contribution in [1.82, 2.24) is 15.1 Å². The zero-order chi connectivity index (χ0) is 15.4. The van der Waals surface area contributed by atoms with Crippen LogP contribution in [0, 0.1) is 6.92 Å². The number of aryl methyl sites for hydroxylation is 2. The van der Waals surface area contributed by atoms with Crippen molar-refractivity contribution in [3.05, 3.63) is 50.7 Å². The largest absolute Gasteiger partial charge is 0.319 e. The molecule has 0 aliphatic rings. The smallest absolute Gasteiger partial charge is 0.0847 e. The van der Waals surface area contributed by atoms with Crippen molar-refractivity contribution in [2.45, 2.75) is 32.7 Å². The van der Waals surface area contributed by atoms with Gasteiger partial charge in [0.1, 0.15) is 0 Å². The molecule has 1 aromatic carbocycles. The molecule has 0 aliphatic heterocycles. The molecule has 0 spiro atoms. The zero-order valence-electron chi connectivity index (χ0n) is 12.7. The van der Waals surface area contributed by atoms with Crippen LogP contribution in [0.15, 0.2) is 28.7 Å². The molecule has 0 saturated heterocycles. The number of halogens is 2. The Kier molecular flexibility index (Phi) is 5.85. The summed E-state index contributed by atoms with van der Waals surface area (Å²) in [5.41, 5.74) is 3.32. The maximum absolute atomic E-state index is 6.45. The molecular weight excluding hydrogens is 350 g/mol. The second-order valence-electron chi connectivity index (χ2n) is 5.14. The van der Waals surface area contributed by atoms with Gasteiger partial charge in [0.15, 0.2) is 0 Å². The maximum Gasteiger partial charge on any atom is 0.0847 e. The summed E-state index contributed by atoms with van der Waals surface area (Å²) in [5.74, 6) is 0.351. The van der Waals surface area contributed by atoms with Crippen LogP contribution in [0.1, 0.15) is 29.8 Å². The fourth-order valence-corrected chi connectivity index (χ4v) is 3.46. The van der Waals surface area contributed by atoms with E-state index in [9.17, 15) is 0 Å². The number of benzene rings is 1. The Hall–Kier alpha value is -0.840. The van der Waals surface area contributed by atoms with Crippen LogP contribution in [-0.2, 0) is 13.0 Å². The number of nitrogens with zero attached hydrogens (tertiary/aromatic N) is 2. The molecule has 21 heavy (non-hydrogen) atoms. The van der Waals surface area contributed by atoms with Gasteiger partial charge >= 0.3 is 0 Å². The van der Waals surface area contributed by atoms with E-state index < -0.39 is 0 Å². The summed E-state index contributed by atoms with van der Waals surface area (Å²) in [4.78, 5) is 0. The third-order valence-electron chi connectivity index (χ3n) is 3.69. The average Bonchev–Trinajstić information content (AvgIpc) is 2.75. The number of nitrogens with one attached hydrogen (secondary N) is 1. The molecule has 1 N–H and O–H groups in total. The Morgan fingerprint density at radius 2 is 2.10 bits per heavy atom. The van der Waals surface area contributed by atoms with Gasteiger partial charge in [-0.1, -0.05) is 45.7 Å². The lowest BCUT2D eigenvalue weighted by atomic mass is 9.94. The molecule has 3 nitrogen and oxygen atoms in total. The third-order valence-corrected chi connectivity index (χ3v) is 4.90. The van der Waals surface area contributed by atoms with Crippen LogP contribution in [0.25, 0.3) is 0 Å². The van der Waals surface area contributed by atoms with Gasteiger partial charge in [0, 0.05) is 23.5 Å². The first kappa shape index (κ1) is 16.5. The first-order valence-electron chi connectivity index (χ1n) is 7.19. The molecule has 1 heterocycles. The predicted octanol–water partition coefficient (Wildman–Crippen LogP) is 4.17. The number of hydrogen-bond acceptors (Lipinski definition) is 2. The summed E-state index contributed by atoms with van der Waals surface area (Å²) in [7, 11) is 1.98. The highest BCUT2D eigenvalue weighted by atomic mass is 79.9. The molecule has 2 aromatic rings. The van der Waals surface area contributed by atoms with Crippen molar-refractivity contribution in [2.75, 3.05) is 13.6 Å². The number of hydrogen-bond donors (Lipinski definition) is 1. The molecule has 1 unspecified atom stereocenters. The van der Waals surface area contributed by atoms with Crippen molar-refractivity contribution < 1.29 is 0 Å². The highest BCUT2D eigenvalue weighted by Crippen LogP contribution is 2.30. The van der Waals surface area contributed by atoms with Crippen LogP contribution < -0.4 is 5.32 Å². The van der Waals surface area contributed by atoms with E-state index in [-0.39, 0.29) is 0 Å². The van der Waals surface area contributed by atoms with Gasteiger partial charge in [-0.3, -0.25) is 4.68 Å². The highest BCUT2D eigenvalue weighted by molar-refractivity contribution is 9.10. The zero-order valence-corrected chi connectivity index (χ0v) is 15.0. The Labute approximate surface area is 139 Å². The Morgan fingerprint density at radius 3 is 2.71 bits per heavy atom. The molecule has 0 amide bonds. The minimum atomic E-state index is 0.351. The van der Waals surface area contributed by atoms with Crippen molar-refractivity contribution in [3.8, 4) is 0 Å². The molecule has 2 rings (SSSR count). The van der Waals surface area contributed by atoms with Gasteiger partial charge in [-0.15, -0.1) is 0 Å². The van der Waals surface area contributed by atoms with E-state index in [0.717, 1.165) is 40.4 Å². The molecule has 0 aliphatic carbocycles. The van der Waals surface area contributed by atoms with E-state index in [0.29, 0.717) is 5.92 Å². The van der Waals surface area contributed by atoms with Crippen LogP contribution in [-0.4, -0.2) is 23.4 Å².